The maximum absolute atomic E-state index is 12.6. The van der Waals surface area contributed by atoms with Crippen molar-refractivity contribution in [3.05, 3.63) is 64.7 Å². The maximum Gasteiger partial charge on any atom is 0.306 e. The lowest BCUT2D eigenvalue weighted by Gasteiger charge is -2.20. The summed E-state index contributed by atoms with van der Waals surface area (Å²) >= 11 is 1.23. The summed E-state index contributed by atoms with van der Waals surface area (Å²) in [5, 5.41) is 15.3. The largest absolute Gasteiger partial charge is 0.493 e. The van der Waals surface area contributed by atoms with E-state index in [1.807, 2.05) is 31.2 Å². The van der Waals surface area contributed by atoms with Gasteiger partial charge in [-0.2, -0.15) is 23.5 Å². The fourth-order valence-electron chi connectivity index (χ4n) is 3.06. The van der Waals surface area contributed by atoms with Gasteiger partial charge in [-0.05, 0) is 48.5 Å². The monoisotopic (exact) mass is 470 g/mol. The zero-order valence-electron chi connectivity index (χ0n) is 17.3. The van der Waals surface area contributed by atoms with Gasteiger partial charge in [0.1, 0.15) is 5.04 Å². The minimum absolute atomic E-state index is 0.0193. The van der Waals surface area contributed by atoms with Gasteiger partial charge < -0.3 is 8.92 Å². The Hall–Kier alpha value is -3.44. The van der Waals surface area contributed by atoms with Crippen molar-refractivity contribution in [3.63, 3.8) is 0 Å². The van der Waals surface area contributed by atoms with E-state index < -0.39 is 16.0 Å². The summed E-state index contributed by atoms with van der Waals surface area (Å²) < 4.78 is 32.9. The molecular weight excluding hydrogens is 452 g/mol. The van der Waals surface area contributed by atoms with Crippen molar-refractivity contribution in [2.75, 3.05) is 13.4 Å². The molecule has 9 nitrogen and oxygen atoms in total. The van der Waals surface area contributed by atoms with Crippen LogP contribution in [-0.4, -0.2) is 48.7 Å². The summed E-state index contributed by atoms with van der Waals surface area (Å²) in [5.41, 5.74) is 2.50. The molecule has 0 radical (unpaired) electrons. The van der Waals surface area contributed by atoms with Crippen LogP contribution in [0, 0.1) is 12.3 Å². The first-order chi connectivity index (χ1) is 15.1. The number of hydrogen-bond acceptors (Lipinski definition) is 8. The molecule has 0 aliphatic carbocycles. The predicted octanol–water partition coefficient (Wildman–Crippen LogP) is 3.01. The highest BCUT2D eigenvalue weighted by molar-refractivity contribution is 8.27. The number of aliphatic imine (C=N–C) groups is 1. The molecule has 0 spiro atoms. The Bertz CT molecular complexity index is 1350. The minimum atomic E-state index is -3.73. The first kappa shape index (κ1) is 21.8. The van der Waals surface area contributed by atoms with Crippen LogP contribution in [0.15, 0.2) is 58.1 Å². The Labute approximate surface area is 189 Å². The molecule has 2 heterocycles. The number of nitrogens with zero attached hydrogens (tertiary/aromatic N) is 3. The Morgan fingerprint density at radius 3 is 2.62 bits per heavy atom. The van der Waals surface area contributed by atoms with Gasteiger partial charge in [0.25, 0.3) is 5.91 Å². The van der Waals surface area contributed by atoms with Gasteiger partial charge in [-0.15, -0.1) is 0 Å². The lowest BCUT2D eigenvalue weighted by molar-refractivity contribution is -0.114. The van der Waals surface area contributed by atoms with Gasteiger partial charge in [0, 0.05) is 5.56 Å². The Morgan fingerprint density at radius 2 is 1.94 bits per heavy atom. The van der Waals surface area contributed by atoms with Crippen LogP contribution in [0.25, 0.3) is 6.08 Å². The van der Waals surface area contributed by atoms with Crippen molar-refractivity contribution in [2.45, 2.75) is 6.92 Å². The fourth-order valence-corrected chi connectivity index (χ4v) is 4.41. The SMILES string of the molecule is COc1cc(/C=C2\C(=N)N3N=C(c4cccc(C)c4)SC3=NC2=O)ccc1OS(C)(=O)=O. The molecule has 0 fully saturated rings. The summed E-state index contributed by atoms with van der Waals surface area (Å²) in [6, 6.07) is 12.2. The number of methoxy groups -OCH3 is 1. The van der Waals surface area contributed by atoms with Crippen LogP contribution in [0.4, 0.5) is 0 Å². The van der Waals surface area contributed by atoms with E-state index in [1.165, 1.54) is 42.1 Å². The number of carbonyl (C=O) groups excluding carboxylic acids is 1. The fraction of sp³-hybridized carbons (Fsp3) is 0.143. The smallest absolute Gasteiger partial charge is 0.306 e. The number of ether oxygens (including phenoxy) is 1. The highest BCUT2D eigenvalue weighted by atomic mass is 32.2. The zero-order valence-corrected chi connectivity index (χ0v) is 19.0. The molecule has 1 amide bonds. The number of nitrogens with one attached hydrogen (secondary N) is 1. The van der Waals surface area contributed by atoms with E-state index in [9.17, 15) is 13.2 Å². The van der Waals surface area contributed by atoms with Crippen LogP contribution in [0.2, 0.25) is 0 Å². The number of benzene rings is 2. The van der Waals surface area contributed by atoms with E-state index in [0.29, 0.717) is 15.8 Å². The van der Waals surface area contributed by atoms with E-state index in [1.54, 1.807) is 6.07 Å². The number of carbonyl (C=O) groups is 1. The van der Waals surface area contributed by atoms with Gasteiger partial charge in [-0.3, -0.25) is 10.2 Å². The molecular formula is C21H18N4O5S2. The Balaban J connectivity index is 1.66. The lowest BCUT2D eigenvalue weighted by Crippen LogP contribution is -2.35. The van der Waals surface area contributed by atoms with E-state index in [0.717, 1.165) is 17.4 Å². The summed E-state index contributed by atoms with van der Waals surface area (Å²) in [7, 11) is -2.36. The molecule has 0 saturated carbocycles. The number of hydrazone groups is 1. The normalized spacial score (nSPS) is 17.2. The van der Waals surface area contributed by atoms with Gasteiger partial charge in [-0.1, -0.05) is 29.8 Å². The van der Waals surface area contributed by atoms with Crippen molar-refractivity contribution in [2.24, 2.45) is 10.1 Å². The van der Waals surface area contributed by atoms with Crippen LogP contribution >= 0.6 is 11.8 Å². The molecule has 164 valence electrons. The highest BCUT2D eigenvalue weighted by Crippen LogP contribution is 2.33. The number of fused-ring (bicyclic) bond motifs is 1. The highest BCUT2D eigenvalue weighted by Gasteiger charge is 2.36. The second-order valence-electron chi connectivity index (χ2n) is 6.99. The van der Waals surface area contributed by atoms with Crippen molar-refractivity contribution >= 4 is 49.9 Å². The van der Waals surface area contributed by atoms with Gasteiger partial charge in [-0.25, -0.2) is 0 Å². The third kappa shape index (κ3) is 4.43. The molecule has 0 saturated heterocycles. The third-order valence-corrected chi connectivity index (χ3v) is 5.90. The second-order valence-corrected chi connectivity index (χ2v) is 9.52. The van der Waals surface area contributed by atoms with Gasteiger partial charge in [0.2, 0.25) is 5.17 Å². The Kier molecular flexibility index (Phi) is 5.61. The summed E-state index contributed by atoms with van der Waals surface area (Å²) in [4.78, 5) is 16.7. The standard InChI is InChI=1S/C21H18N4O5S2/c1-12-5-4-6-14(9-12)20-24-25-18(22)15(19(26)23-21(25)31-20)10-13-7-8-16(17(11-13)29-2)30-32(3,27)28/h4-11,22H,1-3H3/b15-10+,22-18?. The van der Waals surface area contributed by atoms with E-state index >= 15 is 0 Å². The van der Waals surface area contributed by atoms with Crippen LogP contribution in [0.3, 0.4) is 0 Å². The molecule has 2 aromatic rings. The zero-order chi connectivity index (χ0) is 23.0. The number of amides is 1. The maximum atomic E-state index is 12.6. The third-order valence-electron chi connectivity index (χ3n) is 4.46. The van der Waals surface area contributed by atoms with Crippen LogP contribution in [0.1, 0.15) is 16.7 Å². The number of rotatable bonds is 5. The molecule has 11 heteroatoms. The molecule has 2 aliphatic rings. The number of thioether (sulfide) groups is 1. The van der Waals surface area contributed by atoms with E-state index in [-0.39, 0.29) is 22.9 Å². The molecule has 1 N–H and O–H groups in total. The van der Waals surface area contributed by atoms with Crippen LogP contribution in [0.5, 0.6) is 11.5 Å². The topological polar surface area (TPSA) is 121 Å². The van der Waals surface area contributed by atoms with Crippen LogP contribution < -0.4 is 8.92 Å². The predicted molar refractivity (Wildman–Crippen MR) is 124 cm³/mol. The molecule has 0 aromatic heterocycles. The molecule has 0 atom stereocenters. The first-order valence-electron chi connectivity index (χ1n) is 9.29. The average Bonchev–Trinajstić information content (AvgIpc) is 3.15. The number of amidine groups is 2. The molecule has 4 rings (SSSR count). The average molecular weight is 471 g/mol. The van der Waals surface area contributed by atoms with E-state index in [2.05, 4.69) is 10.1 Å². The van der Waals surface area contributed by atoms with Crippen molar-refractivity contribution in [3.8, 4) is 11.5 Å². The van der Waals surface area contributed by atoms with Gasteiger partial charge >= 0.3 is 10.1 Å². The molecule has 2 aromatic carbocycles. The van der Waals surface area contributed by atoms with Gasteiger partial charge in [0.05, 0.1) is 18.9 Å². The van der Waals surface area contributed by atoms with Crippen LogP contribution in [-0.2, 0) is 14.9 Å². The molecule has 0 bridgehead atoms. The minimum Gasteiger partial charge on any atom is -0.493 e. The summed E-state index contributed by atoms with van der Waals surface area (Å²) in [5.74, 6) is -0.485. The second kappa shape index (κ2) is 8.24. The molecule has 2 aliphatic heterocycles. The quantitative estimate of drug-likeness (QED) is 0.527. The van der Waals surface area contributed by atoms with E-state index in [4.69, 9.17) is 14.3 Å². The van der Waals surface area contributed by atoms with Crippen molar-refractivity contribution in [1.82, 2.24) is 5.01 Å². The lowest BCUT2D eigenvalue weighted by atomic mass is 10.1. The first-order valence-corrected chi connectivity index (χ1v) is 11.9. The van der Waals surface area contributed by atoms with Gasteiger partial charge in [0.15, 0.2) is 17.3 Å². The van der Waals surface area contributed by atoms with Crippen molar-refractivity contribution in [1.29, 1.82) is 5.41 Å². The Morgan fingerprint density at radius 1 is 1.16 bits per heavy atom. The summed E-state index contributed by atoms with van der Waals surface area (Å²) in [6.45, 7) is 1.97. The summed E-state index contributed by atoms with van der Waals surface area (Å²) in [6.07, 6.45) is 2.40. The number of aryl methyl sites for hydroxylation is 1. The van der Waals surface area contributed by atoms with Crippen molar-refractivity contribution < 1.29 is 22.1 Å². The number of hydrogen-bond donors (Lipinski definition) is 1. The molecule has 0 unspecified atom stereocenters. The molecule has 32 heavy (non-hydrogen) atoms.